The summed E-state index contributed by atoms with van der Waals surface area (Å²) in [7, 11) is 0. The van der Waals surface area contributed by atoms with Crippen molar-refractivity contribution in [2.24, 2.45) is 17.8 Å². The van der Waals surface area contributed by atoms with Crippen LogP contribution in [0.15, 0.2) is 42.2 Å². The highest BCUT2D eigenvalue weighted by Crippen LogP contribution is 2.46. The molecule has 42 heavy (non-hydrogen) atoms. The molecule has 0 spiro atoms. The fourth-order valence-electron chi connectivity index (χ4n) is 5.86. The van der Waals surface area contributed by atoms with Crippen molar-refractivity contribution in [2.45, 2.75) is 83.1 Å². The molecule has 0 radical (unpaired) electrons. The van der Waals surface area contributed by atoms with E-state index in [2.05, 4.69) is 4.74 Å². The lowest BCUT2D eigenvalue weighted by atomic mass is 9.72. The first-order chi connectivity index (χ1) is 19.6. The average Bonchev–Trinajstić information content (AvgIpc) is 2.87. The maximum atomic E-state index is 14.8. The number of hydrogen-bond donors (Lipinski definition) is 0. The standard InChI is InChI=1S/C30H30F10O2/c1-2-3-17-4-13-23(24(31)14-17)30(39,40)41-21-11-7-19(8-12-21)18-5-9-20(10-6-18)29(37,38)42-22-15-25(32)27(26(33)16-22)28(34,35)36/h4,11,13-16,18-20H,2-3,5-10,12H2,1H3. The van der Waals surface area contributed by atoms with Crippen LogP contribution in [-0.2, 0) is 23.4 Å². The Kier molecular flexibility index (Phi) is 9.42. The second-order valence-corrected chi connectivity index (χ2v) is 10.9. The minimum Gasteiger partial charge on any atom is -0.434 e. The summed E-state index contributed by atoms with van der Waals surface area (Å²) in [5.74, 6) is -7.51. The Morgan fingerprint density at radius 3 is 1.93 bits per heavy atom. The van der Waals surface area contributed by atoms with Gasteiger partial charge in [0.2, 0.25) is 0 Å². The van der Waals surface area contributed by atoms with E-state index in [0.717, 1.165) is 18.6 Å². The van der Waals surface area contributed by atoms with Gasteiger partial charge in [0.05, 0.1) is 17.2 Å². The van der Waals surface area contributed by atoms with Gasteiger partial charge in [-0.2, -0.15) is 30.7 Å². The normalized spacial score (nSPS) is 22.1. The van der Waals surface area contributed by atoms with Gasteiger partial charge in [0.25, 0.3) is 0 Å². The predicted octanol–water partition coefficient (Wildman–Crippen LogP) is 10.3. The van der Waals surface area contributed by atoms with E-state index < -0.39 is 58.6 Å². The van der Waals surface area contributed by atoms with Crippen LogP contribution in [0.1, 0.15) is 75.0 Å². The molecule has 0 saturated heterocycles. The molecule has 0 heterocycles. The van der Waals surface area contributed by atoms with Gasteiger partial charge in [-0.05, 0) is 80.6 Å². The second-order valence-electron chi connectivity index (χ2n) is 10.9. The Morgan fingerprint density at radius 2 is 1.40 bits per heavy atom. The number of rotatable bonds is 9. The third-order valence-electron chi connectivity index (χ3n) is 8.02. The van der Waals surface area contributed by atoms with E-state index in [-0.39, 0.29) is 49.0 Å². The Hall–Kier alpha value is -2.92. The van der Waals surface area contributed by atoms with E-state index in [1.54, 1.807) is 0 Å². The number of benzene rings is 2. The molecule has 1 unspecified atom stereocenters. The topological polar surface area (TPSA) is 18.5 Å². The van der Waals surface area contributed by atoms with E-state index in [4.69, 9.17) is 4.74 Å². The molecule has 4 rings (SSSR count). The third-order valence-corrected chi connectivity index (χ3v) is 8.02. The van der Waals surface area contributed by atoms with Crippen molar-refractivity contribution in [1.82, 2.24) is 0 Å². The third kappa shape index (κ3) is 7.34. The molecule has 12 heteroatoms. The lowest BCUT2D eigenvalue weighted by Gasteiger charge is -2.37. The minimum atomic E-state index is -5.34. The molecule has 2 aromatic carbocycles. The molecule has 0 aliphatic heterocycles. The monoisotopic (exact) mass is 612 g/mol. The quantitative estimate of drug-likeness (QED) is 0.263. The number of alkyl halides is 7. The van der Waals surface area contributed by atoms with Crippen LogP contribution >= 0.6 is 0 Å². The molecule has 1 fully saturated rings. The van der Waals surface area contributed by atoms with Gasteiger partial charge in [-0.25, -0.2) is 13.2 Å². The van der Waals surface area contributed by atoms with Gasteiger partial charge in [0, 0.05) is 18.6 Å². The van der Waals surface area contributed by atoms with Gasteiger partial charge in [0.1, 0.15) is 28.8 Å². The van der Waals surface area contributed by atoms with Crippen molar-refractivity contribution < 1.29 is 53.4 Å². The van der Waals surface area contributed by atoms with E-state index in [0.29, 0.717) is 37.7 Å². The molecular weight excluding hydrogens is 582 g/mol. The Labute approximate surface area is 236 Å². The van der Waals surface area contributed by atoms with Crippen LogP contribution in [0.2, 0.25) is 0 Å². The molecule has 0 aromatic heterocycles. The van der Waals surface area contributed by atoms with Crippen molar-refractivity contribution in [3.8, 4) is 5.75 Å². The molecular formula is C30H30F10O2. The van der Waals surface area contributed by atoms with Crippen LogP contribution < -0.4 is 4.74 Å². The lowest BCUT2D eigenvalue weighted by Crippen LogP contribution is -2.38. The van der Waals surface area contributed by atoms with Crippen molar-refractivity contribution in [1.29, 1.82) is 0 Å². The molecule has 2 aromatic rings. The van der Waals surface area contributed by atoms with Gasteiger partial charge in [0.15, 0.2) is 0 Å². The maximum absolute atomic E-state index is 14.8. The molecule has 0 N–H and O–H groups in total. The van der Waals surface area contributed by atoms with Crippen molar-refractivity contribution in [3.05, 3.63) is 76.3 Å². The first kappa shape index (κ1) is 32.0. The fraction of sp³-hybridized carbons (Fsp3) is 0.533. The largest absolute Gasteiger partial charge is 0.434 e. The minimum absolute atomic E-state index is 0.000118. The zero-order chi connectivity index (χ0) is 30.9. The zero-order valence-corrected chi connectivity index (χ0v) is 22.7. The first-order valence-electron chi connectivity index (χ1n) is 13.8. The number of allylic oxidation sites excluding steroid dienone is 2. The molecule has 1 atom stereocenters. The maximum Gasteiger partial charge on any atom is 0.429 e. The molecule has 2 nitrogen and oxygen atoms in total. The summed E-state index contributed by atoms with van der Waals surface area (Å²) in [6, 6.07) is 3.70. The highest BCUT2D eigenvalue weighted by molar-refractivity contribution is 5.32. The molecule has 232 valence electrons. The van der Waals surface area contributed by atoms with Crippen molar-refractivity contribution in [2.75, 3.05) is 0 Å². The summed E-state index contributed by atoms with van der Waals surface area (Å²) in [6.07, 6.45) is -8.61. The van der Waals surface area contributed by atoms with Crippen LogP contribution in [0.25, 0.3) is 0 Å². The van der Waals surface area contributed by atoms with Crippen molar-refractivity contribution in [3.63, 3.8) is 0 Å². The summed E-state index contributed by atoms with van der Waals surface area (Å²) in [4.78, 5) is 0. The smallest absolute Gasteiger partial charge is 0.429 e. The van der Waals surface area contributed by atoms with Gasteiger partial charge >= 0.3 is 18.4 Å². The zero-order valence-electron chi connectivity index (χ0n) is 22.7. The Balaban J connectivity index is 1.31. The number of halogens is 10. The van der Waals surface area contributed by atoms with Gasteiger partial charge in [-0.15, -0.1) is 0 Å². The molecule has 0 bridgehead atoms. The summed E-state index contributed by atoms with van der Waals surface area (Å²) in [6.45, 7) is 1.89. The summed E-state index contributed by atoms with van der Waals surface area (Å²) >= 11 is 0. The second kappa shape index (κ2) is 12.4. The summed E-state index contributed by atoms with van der Waals surface area (Å²) < 4.78 is 149. The van der Waals surface area contributed by atoms with Crippen LogP contribution in [-0.4, -0.2) is 6.11 Å². The van der Waals surface area contributed by atoms with Gasteiger partial charge in [-0.1, -0.05) is 19.4 Å². The summed E-state index contributed by atoms with van der Waals surface area (Å²) in [5.41, 5.74) is -2.44. The van der Waals surface area contributed by atoms with Crippen molar-refractivity contribution >= 4 is 0 Å². The number of ether oxygens (including phenoxy) is 2. The predicted molar refractivity (Wildman–Crippen MR) is 133 cm³/mol. The summed E-state index contributed by atoms with van der Waals surface area (Å²) in [5, 5.41) is 0. The van der Waals surface area contributed by atoms with E-state index in [1.807, 2.05) is 6.92 Å². The average molecular weight is 613 g/mol. The molecule has 2 aliphatic rings. The fourth-order valence-corrected chi connectivity index (χ4v) is 5.86. The first-order valence-corrected chi connectivity index (χ1v) is 13.8. The van der Waals surface area contributed by atoms with Crippen LogP contribution in [0, 0.1) is 35.2 Å². The van der Waals surface area contributed by atoms with Crippen LogP contribution in [0.5, 0.6) is 5.75 Å². The van der Waals surface area contributed by atoms with Gasteiger partial charge in [-0.3, -0.25) is 0 Å². The van der Waals surface area contributed by atoms with Crippen LogP contribution in [0.3, 0.4) is 0 Å². The lowest BCUT2D eigenvalue weighted by molar-refractivity contribution is -0.228. The highest BCUT2D eigenvalue weighted by atomic mass is 19.4. The SMILES string of the molecule is CCCc1ccc(C(F)(F)OC2=CCC(C3CCC(C(F)(F)Oc4cc(F)c(C(F)(F)F)c(F)c4)CC3)CC2)c(F)c1. The number of aryl methyl sites for hydroxylation is 1. The number of hydrogen-bond acceptors (Lipinski definition) is 2. The molecule has 0 amide bonds. The van der Waals surface area contributed by atoms with E-state index >= 15 is 0 Å². The molecule has 2 aliphatic carbocycles. The highest BCUT2D eigenvalue weighted by Gasteiger charge is 2.46. The Bertz CT molecular complexity index is 1260. The van der Waals surface area contributed by atoms with E-state index in [9.17, 15) is 43.9 Å². The Morgan fingerprint density at radius 1 is 0.762 bits per heavy atom. The molecule has 1 saturated carbocycles. The van der Waals surface area contributed by atoms with Gasteiger partial charge < -0.3 is 9.47 Å². The van der Waals surface area contributed by atoms with Crippen LogP contribution in [0.4, 0.5) is 43.9 Å². The van der Waals surface area contributed by atoms with E-state index in [1.165, 1.54) is 12.1 Å².